The fourth-order valence-electron chi connectivity index (χ4n) is 3.95. The Morgan fingerprint density at radius 3 is 2.58 bits per heavy atom. The molecular weight excluding hydrogens is 386 g/mol. The number of fused-ring (bicyclic) bond motifs is 1. The first-order valence-electron chi connectivity index (χ1n) is 10.4. The second-order valence-electron chi connectivity index (χ2n) is 7.99. The van der Waals surface area contributed by atoms with Gasteiger partial charge in [0.05, 0.1) is 6.54 Å². The van der Waals surface area contributed by atoms with Crippen LogP contribution in [0.5, 0.6) is 0 Å². The van der Waals surface area contributed by atoms with Crippen LogP contribution in [0.4, 0.5) is 0 Å². The van der Waals surface area contributed by atoms with Gasteiger partial charge in [0.2, 0.25) is 5.82 Å². The lowest BCUT2D eigenvalue weighted by atomic mass is 9.97. The number of aromatic nitrogens is 7. The molecule has 0 atom stereocenters. The SMILES string of the molecule is Cc1ccnc2c1nc(C(C)C)n2Cc1ccc(-c2ccccc2)c(-c2nn[nH]n2)c1. The third kappa shape index (κ3) is 3.48. The molecule has 0 amide bonds. The van der Waals surface area contributed by atoms with Crippen molar-refractivity contribution >= 4 is 11.2 Å². The lowest BCUT2D eigenvalue weighted by Crippen LogP contribution is -2.07. The predicted octanol–water partition coefficient (Wildman–Crippen LogP) is 4.76. The Morgan fingerprint density at radius 1 is 1.00 bits per heavy atom. The number of aromatic amines is 1. The van der Waals surface area contributed by atoms with E-state index in [1.165, 1.54) is 0 Å². The molecule has 3 aromatic heterocycles. The average Bonchev–Trinajstić information content (AvgIpc) is 3.44. The summed E-state index contributed by atoms with van der Waals surface area (Å²) in [6, 6.07) is 18.7. The Balaban J connectivity index is 1.64. The van der Waals surface area contributed by atoms with Gasteiger partial charge in [-0.15, -0.1) is 10.2 Å². The lowest BCUT2D eigenvalue weighted by Gasteiger charge is -2.14. The summed E-state index contributed by atoms with van der Waals surface area (Å²) < 4.78 is 2.21. The van der Waals surface area contributed by atoms with Crippen LogP contribution in [0.1, 0.15) is 36.7 Å². The molecule has 0 bridgehead atoms. The van der Waals surface area contributed by atoms with Crippen molar-refractivity contribution in [1.29, 1.82) is 0 Å². The quantitative estimate of drug-likeness (QED) is 0.452. The summed E-state index contributed by atoms with van der Waals surface area (Å²) in [6.07, 6.45) is 1.85. The molecule has 0 fully saturated rings. The summed E-state index contributed by atoms with van der Waals surface area (Å²) >= 11 is 0. The number of hydrogen-bond donors (Lipinski definition) is 1. The highest BCUT2D eigenvalue weighted by atomic mass is 15.5. The number of benzene rings is 2. The summed E-state index contributed by atoms with van der Waals surface area (Å²) in [5.41, 5.74) is 7.27. The van der Waals surface area contributed by atoms with Crippen LogP contribution in [0.15, 0.2) is 60.8 Å². The smallest absolute Gasteiger partial charge is 0.205 e. The molecule has 3 heterocycles. The van der Waals surface area contributed by atoms with Crippen molar-refractivity contribution in [2.45, 2.75) is 33.2 Å². The van der Waals surface area contributed by atoms with Gasteiger partial charge < -0.3 is 4.57 Å². The van der Waals surface area contributed by atoms with Crippen molar-refractivity contribution in [2.24, 2.45) is 0 Å². The first-order chi connectivity index (χ1) is 15.1. The van der Waals surface area contributed by atoms with E-state index in [-0.39, 0.29) is 5.92 Å². The number of aryl methyl sites for hydroxylation is 1. The summed E-state index contributed by atoms with van der Waals surface area (Å²) in [5.74, 6) is 1.90. The van der Waals surface area contributed by atoms with Crippen LogP contribution < -0.4 is 0 Å². The Bertz CT molecular complexity index is 1340. The van der Waals surface area contributed by atoms with E-state index in [1.54, 1.807) is 0 Å². The Hall–Kier alpha value is -3.87. The normalized spacial score (nSPS) is 11.5. The van der Waals surface area contributed by atoms with Gasteiger partial charge in [-0.1, -0.05) is 56.3 Å². The molecule has 1 N–H and O–H groups in total. The third-order valence-electron chi connectivity index (χ3n) is 5.48. The topological polar surface area (TPSA) is 85.2 Å². The van der Waals surface area contributed by atoms with Gasteiger partial charge in [0.25, 0.3) is 0 Å². The summed E-state index contributed by atoms with van der Waals surface area (Å²) in [4.78, 5) is 9.55. The second-order valence-corrected chi connectivity index (χ2v) is 7.99. The minimum atomic E-state index is 0.286. The molecule has 0 aliphatic rings. The van der Waals surface area contributed by atoms with Crippen LogP contribution in [0.3, 0.4) is 0 Å². The highest BCUT2D eigenvalue weighted by Crippen LogP contribution is 2.32. The summed E-state index contributed by atoms with van der Waals surface area (Å²) in [7, 11) is 0. The van der Waals surface area contributed by atoms with Crippen molar-refractivity contribution in [2.75, 3.05) is 0 Å². The van der Waals surface area contributed by atoms with E-state index in [9.17, 15) is 0 Å². The van der Waals surface area contributed by atoms with Crippen molar-refractivity contribution in [3.05, 3.63) is 77.7 Å². The van der Waals surface area contributed by atoms with Gasteiger partial charge in [-0.2, -0.15) is 5.21 Å². The van der Waals surface area contributed by atoms with Gasteiger partial charge in [0.15, 0.2) is 5.65 Å². The second kappa shape index (κ2) is 7.75. The lowest BCUT2D eigenvalue weighted by molar-refractivity contribution is 0.679. The van der Waals surface area contributed by atoms with E-state index < -0.39 is 0 Å². The van der Waals surface area contributed by atoms with E-state index >= 15 is 0 Å². The van der Waals surface area contributed by atoms with Gasteiger partial charge in [-0.3, -0.25) is 0 Å². The van der Waals surface area contributed by atoms with E-state index in [0.717, 1.165) is 44.8 Å². The molecule has 31 heavy (non-hydrogen) atoms. The highest BCUT2D eigenvalue weighted by molar-refractivity contribution is 5.81. The molecular formula is C24H23N7. The number of imidazole rings is 1. The number of nitrogens with one attached hydrogen (secondary N) is 1. The number of nitrogens with zero attached hydrogens (tertiary/aromatic N) is 6. The standard InChI is InChI=1S/C24H23N7/c1-15(2)23-26-21-16(3)11-12-25-24(21)31(23)14-17-9-10-19(18-7-5-4-6-8-18)20(13-17)22-27-29-30-28-22/h4-13,15H,14H2,1-3H3,(H,27,28,29,30). The molecule has 0 saturated carbocycles. The summed E-state index contributed by atoms with van der Waals surface area (Å²) in [6.45, 7) is 7.07. The van der Waals surface area contributed by atoms with Crippen LogP contribution in [0.25, 0.3) is 33.7 Å². The van der Waals surface area contributed by atoms with Gasteiger partial charge in [0.1, 0.15) is 11.3 Å². The number of rotatable bonds is 5. The van der Waals surface area contributed by atoms with Gasteiger partial charge in [0, 0.05) is 17.7 Å². The largest absolute Gasteiger partial charge is 0.308 e. The molecule has 0 radical (unpaired) electrons. The highest BCUT2D eigenvalue weighted by Gasteiger charge is 2.18. The zero-order chi connectivity index (χ0) is 21.4. The molecule has 0 saturated heterocycles. The third-order valence-corrected chi connectivity index (χ3v) is 5.48. The first kappa shape index (κ1) is 19.1. The molecule has 154 valence electrons. The Morgan fingerprint density at radius 2 is 1.84 bits per heavy atom. The molecule has 2 aromatic carbocycles. The van der Waals surface area contributed by atoms with Crippen molar-refractivity contribution < 1.29 is 0 Å². The number of H-pyrrole nitrogens is 1. The molecule has 0 aliphatic carbocycles. The number of tetrazole rings is 1. The number of hydrogen-bond acceptors (Lipinski definition) is 5. The molecule has 7 nitrogen and oxygen atoms in total. The zero-order valence-corrected chi connectivity index (χ0v) is 17.7. The zero-order valence-electron chi connectivity index (χ0n) is 17.7. The fraction of sp³-hybridized carbons (Fsp3) is 0.208. The molecule has 5 rings (SSSR count). The van der Waals surface area contributed by atoms with Crippen LogP contribution >= 0.6 is 0 Å². The molecule has 7 heteroatoms. The van der Waals surface area contributed by atoms with Crippen molar-refractivity contribution in [1.82, 2.24) is 35.2 Å². The van der Waals surface area contributed by atoms with Crippen LogP contribution in [-0.2, 0) is 6.54 Å². The van der Waals surface area contributed by atoms with Crippen LogP contribution in [0.2, 0.25) is 0 Å². The number of pyridine rings is 1. The minimum Gasteiger partial charge on any atom is -0.308 e. The average molecular weight is 409 g/mol. The Kier molecular flexibility index (Phi) is 4.78. The van der Waals surface area contributed by atoms with Crippen molar-refractivity contribution in [3.63, 3.8) is 0 Å². The molecule has 0 aliphatic heterocycles. The molecule has 0 spiro atoms. The van der Waals surface area contributed by atoms with Gasteiger partial charge >= 0.3 is 0 Å². The van der Waals surface area contributed by atoms with Gasteiger partial charge in [-0.25, -0.2) is 9.97 Å². The summed E-state index contributed by atoms with van der Waals surface area (Å²) in [5, 5.41) is 14.8. The van der Waals surface area contributed by atoms with Crippen LogP contribution in [0, 0.1) is 6.92 Å². The monoisotopic (exact) mass is 409 g/mol. The maximum Gasteiger partial charge on any atom is 0.205 e. The van der Waals surface area contributed by atoms with E-state index in [0.29, 0.717) is 12.4 Å². The molecule has 5 aromatic rings. The van der Waals surface area contributed by atoms with E-state index in [4.69, 9.17) is 4.98 Å². The van der Waals surface area contributed by atoms with Crippen LogP contribution in [-0.4, -0.2) is 35.2 Å². The van der Waals surface area contributed by atoms with Crippen molar-refractivity contribution in [3.8, 4) is 22.5 Å². The maximum atomic E-state index is 4.91. The maximum absolute atomic E-state index is 4.91. The Labute approximate surface area is 180 Å². The molecule has 0 unspecified atom stereocenters. The first-order valence-corrected chi connectivity index (χ1v) is 10.4. The van der Waals surface area contributed by atoms with Gasteiger partial charge in [-0.05, 0) is 46.5 Å². The fourth-order valence-corrected chi connectivity index (χ4v) is 3.95. The predicted molar refractivity (Wildman–Crippen MR) is 121 cm³/mol. The van der Waals surface area contributed by atoms with E-state index in [1.807, 2.05) is 30.5 Å². The van der Waals surface area contributed by atoms with E-state index in [2.05, 4.69) is 81.3 Å². The minimum absolute atomic E-state index is 0.286.